The topological polar surface area (TPSA) is 83.8 Å². The molecule has 1 aromatic carbocycles. The number of aryl methyl sites for hydroxylation is 2. The van der Waals surface area contributed by atoms with Gasteiger partial charge in [0.15, 0.2) is 0 Å². The summed E-state index contributed by atoms with van der Waals surface area (Å²) in [6.07, 6.45) is 0. The number of anilines is 1. The lowest BCUT2D eigenvalue weighted by Crippen LogP contribution is -2.01. The first-order valence-corrected chi connectivity index (χ1v) is 5.56. The second-order valence-electron chi connectivity index (χ2n) is 4.07. The third-order valence-corrected chi connectivity index (χ3v) is 2.83. The molecule has 2 rings (SSSR count). The minimum absolute atomic E-state index is 0.0937. The van der Waals surface area contributed by atoms with Crippen LogP contribution in [0.4, 0.5) is 11.4 Å². The second kappa shape index (κ2) is 4.87. The van der Waals surface area contributed by atoms with Crippen LogP contribution in [0, 0.1) is 24.0 Å². The summed E-state index contributed by atoms with van der Waals surface area (Å²) >= 11 is 0. The van der Waals surface area contributed by atoms with Crippen LogP contribution in [-0.2, 0) is 6.54 Å². The van der Waals surface area contributed by atoms with Crippen molar-refractivity contribution >= 4 is 11.4 Å². The molecular weight excluding hydrogens is 232 g/mol. The third kappa shape index (κ3) is 2.48. The zero-order valence-electron chi connectivity index (χ0n) is 10.2. The summed E-state index contributed by atoms with van der Waals surface area (Å²) in [5.41, 5.74) is 4.05. The van der Waals surface area contributed by atoms with Crippen LogP contribution in [0.15, 0.2) is 24.3 Å². The summed E-state index contributed by atoms with van der Waals surface area (Å²) < 4.78 is 0. The average Bonchev–Trinajstić information content (AvgIpc) is 2.67. The highest BCUT2D eigenvalue weighted by Crippen LogP contribution is 2.17. The van der Waals surface area contributed by atoms with E-state index in [1.165, 1.54) is 12.1 Å². The molecule has 2 aromatic rings. The lowest BCUT2D eigenvalue weighted by molar-refractivity contribution is -0.384. The molecule has 0 aliphatic carbocycles. The van der Waals surface area contributed by atoms with Gasteiger partial charge in [-0.1, -0.05) is 0 Å². The molecule has 0 saturated heterocycles. The zero-order valence-corrected chi connectivity index (χ0v) is 10.2. The van der Waals surface area contributed by atoms with Gasteiger partial charge in [0.25, 0.3) is 5.69 Å². The first-order chi connectivity index (χ1) is 8.58. The molecule has 6 heteroatoms. The lowest BCUT2D eigenvalue weighted by atomic mass is 10.2. The first kappa shape index (κ1) is 12.1. The highest BCUT2D eigenvalue weighted by molar-refractivity contribution is 5.49. The van der Waals surface area contributed by atoms with Crippen molar-refractivity contribution < 1.29 is 4.92 Å². The number of rotatable bonds is 4. The van der Waals surface area contributed by atoms with E-state index >= 15 is 0 Å². The molecule has 6 nitrogen and oxygen atoms in total. The second-order valence-corrected chi connectivity index (χ2v) is 4.07. The van der Waals surface area contributed by atoms with Crippen molar-refractivity contribution in [3.8, 4) is 0 Å². The van der Waals surface area contributed by atoms with Gasteiger partial charge in [0, 0.05) is 35.6 Å². The van der Waals surface area contributed by atoms with Gasteiger partial charge in [-0.3, -0.25) is 15.2 Å². The van der Waals surface area contributed by atoms with Gasteiger partial charge in [-0.15, -0.1) is 0 Å². The number of benzene rings is 1. The molecule has 0 amide bonds. The SMILES string of the molecule is Cc1n[nH]c(C)c1CNc1ccc([N+](=O)[O-])cc1. The van der Waals surface area contributed by atoms with Crippen LogP contribution in [0.25, 0.3) is 0 Å². The fourth-order valence-electron chi connectivity index (χ4n) is 1.73. The van der Waals surface area contributed by atoms with Gasteiger partial charge in [-0.2, -0.15) is 5.10 Å². The molecule has 0 atom stereocenters. The Hall–Kier alpha value is -2.37. The van der Waals surface area contributed by atoms with E-state index in [-0.39, 0.29) is 5.69 Å². The number of non-ortho nitro benzene ring substituents is 1. The standard InChI is InChI=1S/C12H14N4O2/c1-8-12(9(2)15-14-8)7-13-10-3-5-11(6-4-10)16(17)18/h3-6,13H,7H2,1-2H3,(H,14,15). The van der Waals surface area contributed by atoms with Crippen LogP contribution in [0.5, 0.6) is 0 Å². The number of nitrogens with zero attached hydrogens (tertiary/aromatic N) is 2. The minimum Gasteiger partial charge on any atom is -0.381 e. The Kier molecular flexibility index (Phi) is 3.27. The van der Waals surface area contributed by atoms with Crippen LogP contribution < -0.4 is 5.32 Å². The lowest BCUT2D eigenvalue weighted by Gasteiger charge is -2.06. The first-order valence-electron chi connectivity index (χ1n) is 5.56. The Bertz CT molecular complexity index is 540. The van der Waals surface area contributed by atoms with E-state index in [0.717, 1.165) is 22.6 Å². The number of nitrogens with one attached hydrogen (secondary N) is 2. The minimum atomic E-state index is -0.409. The van der Waals surface area contributed by atoms with E-state index in [2.05, 4.69) is 15.5 Å². The fraction of sp³-hybridized carbons (Fsp3) is 0.250. The summed E-state index contributed by atoms with van der Waals surface area (Å²) in [5, 5.41) is 20.8. The highest BCUT2D eigenvalue weighted by Gasteiger charge is 2.07. The van der Waals surface area contributed by atoms with Crippen molar-refractivity contribution in [2.75, 3.05) is 5.32 Å². The van der Waals surface area contributed by atoms with Crippen LogP contribution in [0.3, 0.4) is 0 Å². The van der Waals surface area contributed by atoms with Gasteiger partial charge in [0.2, 0.25) is 0 Å². The van der Waals surface area contributed by atoms with Crippen LogP contribution in [-0.4, -0.2) is 15.1 Å². The zero-order chi connectivity index (χ0) is 13.1. The number of aromatic nitrogens is 2. The number of H-pyrrole nitrogens is 1. The van der Waals surface area contributed by atoms with Crippen molar-refractivity contribution in [2.24, 2.45) is 0 Å². The predicted molar refractivity (Wildman–Crippen MR) is 68.5 cm³/mol. The van der Waals surface area contributed by atoms with E-state index in [1.54, 1.807) is 12.1 Å². The molecule has 1 heterocycles. The van der Waals surface area contributed by atoms with Crippen LogP contribution >= 0.6 is 0 Å². The fourth-order valence-corrected chi connectivity index (χ4v) is 1.73. The highest BCUT2D eigenvalue weighted by atomic mass is 16.6. The van der Waals surface area contributed by atoms with Crippen molar-refractivity contribution in [1.29, 1.82) is 0 Å². The maximum Gasteiger partial charge on any atom is 0.269 e. The molecule has 0 aliphatic rings. The Morgan fingerprint density at radius 1 is 1.33 bits per heavy atom. The van der Waals surface area contributed by atoms with Crippen LogP contribution in [0.1, 0.15) is 17.0 Å². The molecule has 18 heavy (non-hydrogen) atoms. The number of nitro benzene ring substituents is 1. The maximum atomic E-state index is 10.5. The van der Waals surface area contributed by atoms with Crippen LogP contribution in [0.2, 0.25) is 0 Å². The van der Waals surface area contributed by atoms with Gasteiger partial charge in [0.05, 0.1) is 10.6 Å². The summed E-state index contributed by atoms with van der Waals surface area (Å²) in [4.78, 5) is 10.1. The largest absolute Gasteiger partial charge is 0.381 e. The summed E-state index contributed by atoms with van der Waals surface area (Å²) in [6.45, 7) is 4.55. The third-order valence-electron chi connectivity index (χ3n) is 2.83. The number of nitro groups is 1. The number of hydrogen-bond acceptors (Lipinski definition) is 4. The van der Waals surface area contributed by atoms with E-state index < -0.39 is 4.92 Å². The van der Waals surface area contributed by atoms with Crippen molar-refractivity contribution in [2.45, 2.75) is 20.4 Å². The molecule has 0 unspecified atom stereocenters. The molecule has 0 radical (unpaired) electrons. The summed E-state index contributed by atoms with van der Waals surface area (Å²) in [5.74, 6) is 0. The molecule has 2 N–H and O–H groups in total. The van der Waals surface area contributed by atoms with Gasteiger partial charge >= 0.3 is 0 Å². The van der Waals surface area contributed by atoms with E-state index in [9.17, 15) is 10.1 Å². The van der Waals surface area contributed by atoms with Gasteiger partial charge in [-0.05, 0) is 26.0 Å². The molecular formula is C12H14N4O2. The normalized spacial score (nSPS) is 10.3. The molecule has 0 spiro atoms. The van der Waals surface area contributed by atoms with E-state index in [4.69, 9.17) is 0 Å². The molecule has 0 fully saturated rings. The number of hydrogen-bond donors (Lipinski definition) is 2. The Labute approximate surface area is 104 Å². The van der Waals surface area contributed by atoms with E-state index in [1.807, 2.05) is 13.8 Å². The molecule has 94 valence electrons. The summed E-state index contributed by atoms with van der Waals surface area (Å²) in [6, 6.07) is 6.36. The number of aromatic amines is 1. The molecule has 0 saturated carbocycles. The quantitative estimate of drug-likeness (QED) is 0.641. The summed E-state index contributed by atoms with van der Waals surface area (Å²) in [7, 11) is 0. The molecule has 1 aromatic heterocycles. The van der Waals surface area contributed by atoms with Crippen molar-refractivity contribution in [1.82, 2.24) is 10.2 Å². The van der Waals surface area contributed by atoms with Crippen molar-refractivity contribution in [3.05, 3.63) is 51.3 Å². The van der Waals surface area contributed by atoms with Gasteiger partial charge < -0.3 is 5.32 Å². The van der Waals surface area contributed by atoms with Gasteiger partial charge in [-0.25, -0.2) is 0 Å². The van der Waals surface area contributed by atoms with Gasteiger partial charge in [0.1, 0.15) is 0 Å². The van der Waals surface area contributed by atoms with Crippen molar-refractivity contribution in [3.63, 3.8) is 0 Å². The maximum absolute atomic E-state index is 10.5. The monoisotopic (exact) mass is 246 g/mol. The Morgan fingerprint density at radius 3 is 2.50 bits per heavy atom. The smallest absolute Gasteiger partial charge is 0.269 e. The average molecular weight is 246 g/mol. The van der Waals surface area contributed by atoms with E-state index in [0.29, 0.717) is 6.54 Å². The predicted octanol–water partition coefficient (Wildman–Crippen LogP) is 2.55. The molecule has 0 bridgehead atoms. The molecule has 0 aliphatic heterocycles. The Morgan fingerprint density at radius 2 is 2.00 bits per heavy atom. The Balaban J connectivity index is 2.04.